The fourth-order valence-corrected chi connectivity index (χ4v) is 4.46. The number of aromatic nitrogens is 6. The molecule has 0 unspecified atom stereocenters. The predicted molar refractivity (Wildman–Crippen MR) is 130 cm³/mol. The minimum Gasteiger partial charge on any atom is -0.376 e. The molecule has 0 amide bonds. The number of rotatable bonds is 6. The van der Waals surface area contributed by atoms with Crippen LogP contribution in [0.1, 0.15) is 37.9 Å². The van der Waals surface area contributed by atoms with Gasteiger partial charge in [0, 0.05) is 44.8 Å². The summed E-state index contributed by atoms with van der Waals surface area (Å²) in [4.78, 5) is 13.6. The minimum atomic E-state index is 0.479. The van der Waals surface area contributed by atoms with Crippen LogP contribution in [0.3, 0.4) is 0 Å². The van der Waals surface area contributed by atoms with E-state index in [1.165, 1.54) is 31.5 Å². The van der Waals surface area contributed by atoms with Gasteiger partial charge in [0.15, 0.2) is 0 Å². The van der Waals surface area contributed by atoms with Crippen molar-refractivity contribution in [1.82, 2.24) is 34.3 Å². The largest absolute Gasteiger partial charge is 0.376 e. The fourth-order valence-electron chi connectivity index (χ4n) is 4.46. The Hall–Kier alpha value is -3.26. The van der Waals surface area contributed by atoms with E-state index >= 15 is 0 Å². The van der Waals surface area contributed by atoms with Gasteiger partial charge in [-0.2, -0.15) is 0 Å². The third-order valence-corrected chi connectivity index (χ3v) is 6.60. The normalized spacial score (nSPS) is 16.4. The molecule has 0 radical (unpaired) electrons. The van der Waals surface area contributed by atoms with Crippen LogP contribution < -0.4 is 4.90 Å². The van der Waals surface area contributed by atoms with Crippen LogP contribution in [0.4, 0.5) is 5.69 Å². The van der Waals surface area contributed by atoms with Crippen molar-refractivity contribution in [2.45, 2.75) is 39.8 Å². The molecule has 0 aliphatic carbocycles. The summed E-state index contributed by atoms with van der Waals surface area (Å²) in [5.74, 6) is 0. The van der Waals surface area contributed by atoms with Crippen molar-refractivity contribution in [3.8, 4) is 11.3 Å². The van der Waals surface area contributed by atoms with Gasteiger partial charge in [-0.05, 0) is 49.0 Å². The van der Waals surface area contributed by atoms with Crippen molar-refractivity contribution >= 4 is 11.3 Å². The summed E-state index contributed by atoms with van der Waals surface area (Å²) in [6.07, 6.45) is 12.4. The zero-order chi connectivity index (χ0) is 23.0. The Morgan fingerprint density at radius 1 is 1.00 bits per heavy atom. The first-order valence-corrected chi connectivity index (χ1v) is 11.6. The molecule has 1 aliphatic rings. The van der Waals surface area contributed by atoms with Gasteiger partial charge < -0.3 is 9.30 Å². The molecule has 0 bridgehead atoms. The van der Waals surface area contributed by atoms with E-state index in [0.29, 0.717) is 12.0 Å². The smallest absolute Gasteiger partial charge is 0.137 e. The van der Waals surface area contributed by atoms with E-state index in [2.05, 4.69) is 63.0 Å². The first kappa shape index (κ1) is 21.6. The highest BCUT2D eigenvalue weighted by Crippen LogP contribution is 2.30. The lowest BCUT2D eigenvalue weighted by molar-refractivity contribution is 0.127. The van der Waals surface area contributed by atoms with Gasteiger partial charge in [-0.25, -0.2) is 9.67 Å². The van der Waals surface area contributed by atoms with E-state index < -0.39 is 0 Å². The number of pyridine rings is 2. The second-order valence-corrected chi connectivity index (χ2v) is 10.1. The maximum atomic E-state index is 4.79. The topological polar surface area (TPSA) is 67.4 Å². The van der Waals surface area contributed by atoms with Crippen LogP contribution in [0.5, 0.6) is 0 Å². The van der Waals surface area contributed by atoms with Gasteiger partial charge in [0.05, 0.1) is 30.3 Å². The van der Waals surface area contributed by atoms with E-state index in [0.717, 1.165) is 34.8 Å². The number of fused-ring (bicyclic) bond motifs is 1. The summed E-state index contributed by atoms with van der Waals surface area (Å²) in [6, 6.07) is 6.28. The lowest BCUT2D eigenvalue weighted by Gasteiger charge is -2.36. The Bertz CT molecular complexity index is 1240. The molecule has 33 heavy (non-hydrogen) atoms. The van der Waals surface area contributed by atoms with Gasteiger partial charge >= 0.3 is 0 Å². The van der Waals surface area contributed by atoms with Gasteiger partial charge in [0.25, 0.3) is 0 Å². The molecule has 5 heterocycles. The molecule has 4 aromatic rings. The van der Waals surface area contributed by atoms with Crippen molar-refractivity contribution in [3.05, 3.63) is 60.4 Å². The van der Waals surface area contributed by atoms with Crippen LogP contribution in [0, 0.1) is 5.41 Å². The van der Waals surface area contributed by atoms with E-state index in [-0.39, 0.29) is 0 Å². The third-order valence-electron chi connectivity index (χ3n) is 6.60. The highest BCUT2D eigenvalue weighted by Gasteiger charge is 2.25. The van der Waals surface area contributed by atoms with Crippen LogP contribution >= 0.6 is 0 Å². The monoisotopic (exact) mass is 444 g/mol. The molecular formula is C25H32N8. The molecule has 0 spiro atoms. The molecule has 1 fully saturated rings. The lowest BCUT2D eigenvalue weighted by atomic mass is 9.82. The van der Waals surface area contributed by atoms with E-state index in [1.807, 2.05) is 42.1 Å². The van der Waals surface area contributed by atoms with Gasteiger partial charge in [-0.15, -0.1) is 5.10 Å². The molecule has 8 nitrogen and oxygen atoms in total. The molecular weight excluding hydrogens is 412 g/mol. The highest BCUT2D eigenvalue weighted by atomic mass is 15.4. The summed E-state index contributed by atoms with van der Waals surface area (Å²) in [6.45, 7) is 8.66. The van der Waals surface area contributed by atoms with Gasteiger partial charge in [-0.1, -0.05) is 25.1 Å². The molecule has 0 saturated carbocycles. The zero-order valence-corrected chi connectivity index (χ0v) is 19.9. The fraction of sp³-hybridized carbons (Fsp3) is 0.440. The quantitative estimate of drug-likeness (QED) is 0.452. The highest BCUT2D eigenvalue weighted by molar-refractivity contribution is 5.74. The Labute approximate surface area is 194 Å². The Morgan fingerprint density at radius 3 is 2.61 bits per heavy atom. The molecule has 0 N–H and O–H groups in total. The van der Waals surface area contributed by atoms with E-state index in [1.54, 1.807) is 6.20 Å². The average molecular weight is 445 g/mol. The van der Waals surface area contributed by atoms with Crippen molar-refractivity contribution in [1.29, 1.82) is 0 Å². The van der Waals surface area contributed by atoms with E-state index in [4.69, 9.17) is 4.98 Å². The Balaban J connectivity index is 1.30. The summed E-state index contributed by atoms with van der Waals surface area (Å²) >= 11 is 0. The first-order valence-electron chi connectivity index (χ1n) is 11.6. The second-order valence-electron chi connectivity index (χ2n) is 10.1. The van der Waals surface area contributed by atoms with Crippen molar-refractivity contribution in [2.24, 2.45) is 5.41 Å². The summed E-state index contributed by atoms with van der Waals surface area (Å²) < 4.78 is 3.97. The van der Waals surface area contributed by atoms with Crippen molar-refractivity contribution in [2.75, 3.05) is 32.1 Å². The Kier molecular flexibility index (Phi) is 5.62. The predicted octanol–water partition coefficient (Wildman–Crippen LogP) is 3.72. The number of piperidine rings is 1. The minimum absolute atomic E-state index is 0.479. The van der Waals surface area contributed by atoms with Gasteiger partial charge in [-0.3, -0.25) is 9.88 Å². The summed E-state index contributed by atoms with van der Waals surface area (Å²) in [5, 5.41) is 8.72. The standard InChI is InChI=1S/C25H32N8/c1-25(2)8-11-31(12-9-25)14-19-5-6-24-27-20(16-32(24)15-19)17-33-18-22(28-29-33)21-7-10-26-13-23(21)30(3)4/h5-7,10,13,15-16,18H,8-9,11-12,14,17H2,1-4H3. The number of likely N-dealkylation sites (tertiary alicyclic amines) is 1. The van der Waals surface area contributed by atoms with Crippen LogP contribution in [0.2, 0.25) is 0 Å². The molecule has 0 atom stereocenters. The molecule has 1 saturated heterocycles. The molecule has 4 aromatic heterocycles. The molecule has 172 valence electrons. The van der Waals surface area contributed by atoms with Gasteiger partial charge in [0.1, 0.15) is 11.3 Å². The zero-order valence-electron chi connectivity index (χ0n) is 19.9. The third kappa shape index (κ3) is 4.75. The summed E-state index contributed by atoms with van der Waals surface area (Å²) in [7, 11) is 4.00. The van der Waals surface area contributed by atoms with Crippen LogP contribution in [0.25, 0.3) is 16.9 Å². The molecule has 8 heteroatoms. The number of hydrogen-bond acceptors (Lipinski definition) is 6. The lowest BCUT2D eigenvalue weighted by Crippen LogP contribution is -2.36. The number of hydrogen-bond donors (Lipinski definition) is 0. The number of anilines is 1. The maximum absolute atomic E-state index is 4.79. The first-order chi connectivity index (χ1) is 15.9. The second kappa shape index (κ2) is 8.59. The Morgan fingerprint density at radius 2 is 1.82 bits per heavy atom. The van der Waals surface area contributed by atoms with Crippen LogP contribution in [0.15, 0.2) is 49.2 Å². The maximum Gasteiger partial charge on any atom is 0.137 e. The number of nitrogens with zero attached hydrogens (tertiary/aromatic N) is 8. The average Bonchev–Trinajstić information content (AvgIpc) is 3.41. The summed E-state index contributed by atoms with van der Waals surface area (Å²) in [5.41, 5.74) is 6.58. The SMILES string of the molecule is CN(C)c1cnccc1-c1cn(Cc2cn3cc(CN4CCC(C)(C)CC4)ccc3n2)nn1. The van der Waals surface area contributed by atoms with E-state index in [9.17, 15) is 0 Å². The van der Waals surface area contributed by atoms with Crippen molar-refractivity contribution in [3.63, 3.8) is 0 Å². The molecule has 0 aromatic carbocycles. The number of imidazole rings is 1. The molecule has 5 rings (SSSR count). The van der Waals surface area contributed by atoms with Crippen LogP contribution in [-0.4, -0.2) is 61.4 Å². The van der Waals surface area contributed by atoms with Crippen LogP contribution in [-0.2, 0) is 13.1 Å². The van der Waals surface area contributed by atoms with Crippen molar-refractivity contribution < 1.29 is 0 Å². The molecule has 1 aliphatic heterocycles. The van der Waals surface area contributed by atoms with Gasteiger partial charge in [0.2, 0.25) is 0 Å².